The number of hydrogen-bond acceptors (Lipinski definition) is 5. The van der Waals surface area contributed by atoms with Crippen molar-refractivity contribution < 1.29 is 14.0 Å². The summed E-state index contributed by atoms with van der Waals surface area (Å²) < 4.78 is 12.9. The molecule has 1 heterocycles. The lowest BCUT2D eigenvalue weighted by atomic mass is 10.1. The number of halogens is 1. The van der Waals surface area contributed by atoms with Gasteiger partial charge in [-0.1, -0.05) is 18.2 Å². The van der Waals surface area contributed by atoms with Gasteiger partial charge in [-0.2, -0.15) is 0 Å². The molecule has 0 aliphatic carbocycles. The van der Waals surface area contributed by atoms with Gasteiger partial charge in [0, 0.05) is 31.0 Å². The molecule has 0 saturated heterocycles. The molecule has 7 nitrogen and oxygen atoms in total. The SMILES string of the molecule is CC(=O)Nc1cccc(NC(=O)c2ccnc(NCCc3ccc(F)cc3)n2)c1. The van der Waals surface area contributed by atoms with E-state index in [9.17, 15) is 14.0 Å². The highest BCUT2D eigenvalue weighted by molar-refractivity contribution is 6.03. The van der Waals surface area contributed by atoms with Crippen molar-refractivity contribution in [3.05, 3.63) is 77.9 Å². The van der Waals surface area contributed by atoms with Crippen molar-refractivity contribution in [2.75, 3.05) is 22.5 Å². The smallest absolute Gasteiger partial charge is 0.274 e. The largest absolute Gasteiger partial charge is 0.354 e. The van der Waals surface area contributed by atoms with Gasteiger partial charge in [0.25, 0.3) is 5.91 Å². The molecule has 3 N–H and O–H groups in total. The van der Waals surface area contributed by atoms with Crippen molar-refractivity contribution in [3.63, 3.8) is 0 Å². The molecule has 2 aromatic carbocycles. The second kappa shape index (κ2) is 9.41. The van der Waals surface area contributed by atoms with E-state index >= 15 is 0 Å². The van der Waals surface area contributed by atoms with E-state index in [0.717, 1.165) is 5.56 Å². The number of nitrogens with one attached hydrogen (secondary N) is 3. The third kappa shape index (κ3) is 6.10. The van der Waals surface area contributed by atoms with E-state index in [4.69, 9.17) is 0 Å². The third-order valence-electron chi connectivity index (χ3n) is 3.94. The molecule has 0 saturated carbocycles. The molecule has 0 unspecified atom stereocenters. The minimum atomic E-state index is -0.394. The summed E-state index contributed by atoms with van der Waals surface area (Å²) in [5.41, 5.74) is 2.30. The molecule has 0 radical (unpaired) electrons. The standard InChI is InChI=1S/C21H20FN5O2/c1-14(28)25-17-3-2-4-18(13-17)26-20(29)19-10-12-24-21(27-19)23-11-9-15-5-7-16(22)8-6-15/h2-8,10,12-13H,9,11H2,1H3,(H,25,28)(H,26,29)(H,23,24,27). The zero-order valence-electron chi connectivity index (χ0n) is 15.8. The van der Waals surface area contributed by atoms with Gasteiger partial charge in [0.2, 0.25) is 11.9 Å². The van der Waals surface area contributed by atoms with Crippen LogP contribution in [0, 0.1) is 5.82 Å². The Bertz CT molecular complexity index is 1010. The molecule has 3 aromatic rings. The van der Waals surface area contributed by atoms with Gasteiger partial charge in [-0.15, -0.1) is 0 Å². The molecule has 0 fully saturated rings. The predicted molar refractivity (Wildman–Crippen MR) is 109 cm³/mol. The number of carbonyl (C=O) groups excluding carboxylic acids is 2. The van der Waals surface area contributed by atoms with Crippen molar-refractivity contribution >= 4 is 29.1 Å². The quantitative estimate of drug-likeness (QED) is 0.571. The van der Waals surface area contributed by atoms with Crippen molar-refractivity contribution in [2.45, 2.75) is 13.3 Å². The summed E-state index contributed by atoms with van der Waals surface area (Å²) in [5, 5.41) is 8.46. The Morgan fingerprint density at radius 2 is 1.72 bits per heavy atom. The molecule has 1 aromatic heterocycles. The molecule has 0 aliphatic rings. The third-order valence-corrected chi connectivity index (χ3v) is 3.94. The van der Waals surface area contributed by atoms with Gasteiger partial charge >= 0.3 is 0 Å². The number of hydrogen-bond donors (Lipinski definition) is 3. The topological polar surface area (TPSA) is 96.0 Å². The second-order valence-electron chi connectivity index (χ2n) is 6.28. The van der Waals surface area contributed by atoms with Crippen molar-refractivity contribution in [3.8, 4) is 0 Å². The van der Waals surface area contributed by atoms with E-state index in [0.29, 0.717) is 30.3 Å². The van der Waals surface area contributed by atoms with Crippen molar-refractivity contribution in [1.29, 1.82) is 0 Å². The molecular formula is C21H20FN5O2. The summed E-state index contributed by atoms with van der Waals surface area (Å²) >= 11 is 0. The highest BCUT2D eigenvalue weighted by atomic mass is 19.1. The summed E-state index contributed by atoms with van der Waals surface area (Å²) in [6.45, 7) is 1.95. The fraction of sp³-hybridized carbons (Fsp3) is 0.143. The predicted octanol–water partition coefficient (Wildman–Crippen LogP) is 3.48. The maximum atomic E-state index is 12.9. The zero-order valence-corrected chi connectivity index (χ0v) is 15.8. The lowest BCUT2D eigenvalue weighted by Crippen LogP contribution is -2.16. The van der Waals surface area contributed by atoms with Crippen LogP contribution >= 0.6 is 0 Å². The first-order valence-electron chi connectivity index (χ1n) is 9.00. The Labute approximate surface area is 167 Å². The molecular weight excluding hydrogens is 373 g/mol. The number of anilines is 3. The highest BCUT2D eigenvalue weighted by Crippen LogP contribution is 2.16. The second-order valence-corrected chi connectivity index (χ2v) is 6.28. The summed E-state index contributed by atoms with van der Waals surface area (Å²) in [7, 11) is 0. The van der Waals surface area contributed by atoms with Gasteiger partial charge in [0.1, 0.15) is 11.5 Å². The van der Waals surface area contributed by atoms with Gasteiger partial charge in [0.05, 0.1) is 0 Å². The molecule has 2 amide bonds. The molecule has 148 valence electrons. The average molecular weight is 393 g/mol. The fourth-order valence-corrected chi connectivity index (χ4v) is 2.61. The maximum Gasteiger partial charge on any atom is 0.274 e. The van der Waals surface area contributed by atoms with E-state index < -0.39 is 5.91 Å². The summed E-state index contributed by atoms with van der Waals surface area (Å²) in [5.74, 6) is -0.535. The normalized spacial score (nSPS) is 10.3. The van der Waals surface area contributed by atoms with Crippen molar-refractivity contribution in [2.24, 2.45) is 0 Å². The number of aromatic nitrogens is 2. The van der Waals surface area contributed by atoms with E-state index in [1.165, 1.54) is 31.3 Å². The van der Waals surface area contributed by atoms with Gasteiger partial charge in [-0.05, 0) is 48.4 Å². The van der Waals surface area contributed by atoms with Crippen LogP contribution in [0.1, 0.15) is 23.0 Å². The van der Waals surface area contributed by atoms with Gasteiger partial charge < -0.3 is 16.0 Å². The van der Waals surface area contributed by atoms with Crippen LogP contribution in [-0.2, 0) is 11.2 Å². The lowest BCUT2D eigenvalue weighted by molar-refractivity contribution is -0.114. The van der Waals surface area contributed by atoms with Gasteiger partial charge in [0.15, 0.2) is 0 Å². The molecule has 0 atom stereocenters. The Morgan fingerprint density at radius 3 is 2.45 bits per heavy atom. The minimum absolute atomic E-state index is 0.194. The average Bonchev–Trinajstić information content (AvgIpc) is 2.69. The van der Waals surface area contributed by atoms with E-state index in [1.54, 1.807) is 36.4 Å². The molecule has 0 aliphatic heterocycles. The molecule has 29 heavy (non-hydrogen) atoms. The minimum Gasteiger partial charge on any atom is -0.354 e. The zero-order chi connectivity index (χ0) is 20.6. The molecule has 0 bridgehead atoms. The lowest BCUT2D eigenvalue weighted by Gasteiger charge is -2.09. The molecule has 8 heteroatoms. The number of benzene rings is 2. The first kappa shape index (κ1) is 19.9. The Morgan fingerprint density at radius 1 is 1.00 bits per heavy atom. The summed E-state index contributed by atoms with van der Waals surface area (Å²) in [6, 6.07) is 14.6. The monoisotopic (exact) mass is 393 g/mol. The number of nitrogens with zero attached hydrogens (tertiary/aromatic N) is 2. The van der Waals surface area contributed by atoms with Crippen LogP contribution in [0.25, 0.3) is 0 Å². The fourth-order valence-electron chi connectivity index (χ4n) is 2.61. The maximum absolute atomic E-state index is 12.9. The first-order chi connectivity index (χ1) is 14.0. The van der Waals surface area contributed by atoms with E-state index in [2.05, 4.69) is 25.9 Å². The summed E-state index contributed by atoms with van der Waals surface area (Å²) in [4.78, 5) is 32.0. The molecule has 0 spiro atoms. The van der Waals surface area contributed by atoms with Crippen LogP contribution in [0.3, 0.4) is 0 Å². The number of amides is 2. The highest BCUT2D eigenvalue weighted by Gasteiger charge is 2.10. The Hall–Kier alpha value is -3.81. The first-order valence-corrected chi connectivity index (χ1v) is 9.00. The van der Waals surface area contributed by atoms with Gasteiger partial charge in [-0.3, -0.25) is 9.59 Å². The summed E-state index contributed by atoms with van der Waals surface area (Å²) in [6.07, 6.45) is 2.16. The number of carbonyl (C=O) groups is 2. The van der Waals surface area contributed by atoms with Crippen LogP contribution in [0.15, 0.2) is 60.8 Å². The Kier molecular flexibility index (Phi) is 6.47. The van der Waals surface area contributed by atoms with Crippen LogP contribution < -0.4 is 16.0 Å². The van der Waals surface area contributed by atoms with Crippen molar-refractivity contribution in [1.82, 2.24) is 9.97 Å². The Balaban J connectivity index is 1.59. The van der Waals surface area contributed by atoms with E-state index in [-0.39, 0.29) is 17.4 Å². The van der Waals surface area contributed by atoms with Crippen LogP contribution in [-0.4, -0.2) is 28.3 Å². The van der Waals surface area contributed by atoms with Crippen LogP contribution in [0.5, 0.6) is 0 Å². The van der Waals surface area contributed by atoms with Crippen LogP contribution in [0.2, 0.25) is 0 Å². The van der Waals surface area contributed by atoms with E-state index in [1.807, 2.05) is 0 Å². The van der Waals surface area contributed by atoms with Gasteiger partial charge in [-0.25, -0.2) is 14.4 Å². The van der Waals surface area contributed by atoms with Crippen LogP contribution in [0.4, 0.5) is 21.7 Å². The molecule has 3 rings (SSSR count). The number of rotatable bonds is 7.